The van der Waals surface area contributed by atoms with E-state index in [2.05, 4.69) is 35.3 Å². The molecule has 0 amide bonds. The van der Waals surface area contributed by atoms with Crippen LogP contribution in [0.25, 0.3) is 89.8 Å². The van der Waals surface area contributed by atoms with Crippen molar-refractivity contribution in [2.24, 2.45) is 0 Å². The molecule has 0 unspecified atom stereocenters. The predicted molar refractivity (Wildman–Crippen MR) is 185 cm³/mol. The van der Waals surface area contributed by atoms with Crippen LogP contribution in [0.1, 0.15) is 0 Å². The van der Waals surface area contributed by atoms with Crippen molar-refractivity contribution in [3.8, 4) is 56.8 Å². The summed E-state index contributed by atoms with van der Waals surface area (Å²) < 4.78 is 6.25. The molecule has 7 nitrogen and oxygen atoms in total. The minimum Gasteiger partial charge on any atom is -0.434 e. The summed E-state index contributed by atoms with van der Waals surface area (Å²) in [4.78, 5) is 29.1. The molecule has 0 atom stereocenters. The molecule has 4 aromatic heterocycles. The van der Waals surface area contributed by atoms with Crippen molar-refractivity contribution in [2.45, 2.75) is 0 Å². The van der Waals surface area contributed by atoms with Crippen LogP contribution < -0.4 is 0 Å². The van der Waals surface area contributed by atoms with E-state index >= 15 is 0 Å². The summed E-state index contributed by atoms with van der Waals surface area (Å²) in [5.74, 6) is 2.41. The Hall–Kier alpha value is -6.60. The van der Waals surface area contributed by atoms with Crippen LogP contribution in [0.2, 0.25) is 0 Å². The zero-order valence-corrected chi connectivity index (χ0v) is 24.9. The van der Waals surface area contributed by atoms with E-state index < -0.39 is 0 Å². The van der Waals surface area contributed by atoms with Gasteiger partial charge in [-0.05, 0) is 29.0 Å². The van der Waals surface area contributed by atoms with Gasteiger partial charge in [0.05, 0.1) is 5.39 Å². The topological polar surface area (TPSA) is 90.5 Å². The van der Waals surface area contributed by atoms with Gasteiger partial charge in [-0.1, -0.05) is 121 Å². The van der Waals surface area contributed by atoms with Crippen LogP contribution in [0.15, 0.2) is 150 Å². The van der Waals surface area contributed by atoms with Gasteiger partial charge in [0.25, 0.3) is 0 Å². The first kappa shape index (κ1) is 26.8. The molecule has 0 saturated heterocycles. The second kappa shape index (κ2) is 11.1. The molecule has 9 aromatic rings. The lowest BCUT2D eigenvalue weighted by atomic mass is 10.0. The van der Waals surface area contributed by atoms with Crippen molar-refractivity contribution in [1.29, 1.82) is 0 Å². The van der Waals surface area contributed by atoms with Crippen LogP contribution >= 0.6 is 0 Å². The van der Waals surface area contributed by atoms with Gasteiger partial charge in [-0.2, -0.15) is 0 Å². The highest BCUT2D eigenvalue weighted by Crippen LogP contribution is 2.36. The van der Waals surface area contributed by atoms with Gasteiger partial charge in [-0.15, -0.1) is 0 Å². The Morgan fingerprint density at radius 1 is 0.404 bits per heavy atom. The molecular formula is C40H24N6O. The van der Waals surface area contributed by atoms with E-state index in [1.165, 1.54) is 0 Å². The van der Waals surface area contributed by atoms with Gasteiger partial charge < -0.3 is 4.42 Å². The Balaban J connectivity index is 1.18. The first-order valence-corrected chi connectivity index (χ1v) is 15.3. The van der Waals surface area contributed by atoms with Crippen LogP contribution in [-0.4, -0.2) is 29.9 Å². The number of furan rings is 1. The standard InChI is InChI=1S/C40H24N6O/c1-3-11-26(12-4-1)37-44-38(27-13-5-2-6-14-27)46-39(45-37)29-20-18-28(19-21-29)36-42-33(31-22-17-25-10-7-8-15-30(25)24-31)35-34(43-36)32-16-9-23-41-40(32)47-35/h1-24H. The van der Waals surface area contributed by atoms with Crippen LogP contribution in [0, 0.1) is 0 Å². The monoisotopic (exact) mass is 604 g/mol. The van der Waals surface area contributed by atoms with E-state index in [-0.39, 0.29) is 0 Å². The lowest BCUT2D eigenvalue weighted by Gasteiger charge is -2.09. The molecule has 0 saturated carbocycles. The number of rotatable bonds is 5. The quantitative estimate of drug-likeness (QED) is 0.193. The fraction of sp³-hybridized carbons (Fsp3) is 0. The van der Waals surface area contributed by atoms with Gasteiger partial charge in [0.2, 0.25) is 5.71 Å². The zero-order valence-electron chi connectivity index (χ0n) is 24.9. The summed E-state index contributed by atoms with van der Waals surface area (Å²) >= 11 is 0. The van der Waals surface area contributed by atoms with E-state index in [0.29, 0.717) is 34.6 Å². The second-order valence-corrected chi connectivity index (χ2v) is 11.2. The molecule has 0 aliphatic heterocycles. The third-order valence-corrected chi connectivity index (χ3v) is 8.21. The second-order valence-electron chi connectivity index (χ2n) is 11.2. The summed E-state index contributed by atoms with van der Waals surface area (Å²) in [5, 5.41) is 3.13. The fourth-order valence-electron chi connectivity index (χ4n) is 5.85. The van der Waals surface area contributed by atoms with E-state index in [0.717, 1.165) is 55.2 Å². The summed E-state index contributed by atoms with van der Waals surface area (Å²) in [6.07, 6.45) is 1.72. The van der Waals surface area contributed by atoms with Gasteiger partial charge in [-0.25, -0.2) is 29.9 Å². The van der Waals surface area contributed by atoms with Crippen LogP contribution in [0.5, 0.6) is 0 Å². The number of hydrogen-bond acceptors (Lipinski definition) is 7. The van der Waals surface area contributed by atoms with Gasteiger partial charge in [0.1, 0.15) is 11.2 Å². The van der Waals surface area contributed by atoms with E-state index in [1.807, 2.05) is 109 Å². The van der Waals surface area contributed by atoms with E-state index in [4.69, 9.17) is 29.3 Å². The van der Waals surface area contributed by atoms with Crippen molar-refractivity contribution in [2.75, 3.05) is 0 Å². The lowest BCUT2D eigenvalue weighted by molar-refractivity contribution is 0.652. The average Bonchev–Trinajstić information content (AvgIpc) is 3.53. The molecule has 7 heteroatoms. The molecule has 0 radical (unpaired) electrons. The molecular weight excluding hydrogens is 580 g/mol. The lowest BCUT2D eigenvalue weighted by Crippen LogP contribution is -2.00. The Morgan fingerprint density at radius 3 is 1.57 bits per heavy atom. The zero-order chi connectivity index (χ0) is 31.2. The molecule has 5 aromatic carbocycles. The van der Waals surface area contributed by atoms with Crippen molar-refractivity contribution in [1.82, 2.24) is 29.9 Å². The summed E-state index contributed by atoms with van der Waals surface area (Å²) in [6.45, 7) is 0. The predicted octanol–water partition coefficient (Wildman–Crippen LogP) is 9.44. The van der Waals surface area contributed by atoms with Gasteiger partial charge >= 0.3 is 0 Å². The summed E-state index contributed by atoms with van der Waals surface area (Å²) in [5.41, 5.74) is 7.10. The maximum Gasteiger partial charge on any atom is 0.229 e. The largest absolute Gasteiger partial charge is 0.434 e. The van der Waals surface area contributed by atoms with Gasteiger partial charge in [0.15, 0.2) is 28.9 Å². The molecule has 47 heavy (non-hydrogen) atoms. The molecule has 0 N–H and O–H groups in total. The Labute approximate surface area is 269 Å². The Kier molecular flexibility index (Phi) is 6.31. The number of benzene rings is 5. The SMILES string of the molecule is c1ccc(-c2nc(-c3ccccc3)nc(-c3ccc(-c4nc(-c5ccc6ccccc6c5)c5oc6ncccc6c5n4)cc3)n2)cc1. The van der Waals surface area contributed by atoms with Gasteiger partial charge in [0, 0.05) is 34.0 Å². The van der Waals surface area contributed by atoms with Gasteiger partial charge in [-0.3, -0.25) is 0 Å². The Bertz CT molecular complexity index is 2510. The molecule has 0 aliphatic rings. The third kappa shape index (κ3) is 4.87. The van der Waals surface area contributed by atoms with E-state index in [1.54, 1.807) is 6.20 Å². The molecule has 4 heterocycles. The minimum absolute atomic E-state index is 0.532. The van der Waals surface area contributed by atoms with Crippen molar-refractivity contribution in [3.05, 3.63) is 146 Å². The Morgan fingerprint density at radius 2 is 0.936 bits per heavy atom. The molecule has 220 valence electrons. The summed E-state index contributed by atoms with van der Waals surface area (Å²) in [7, 11) is 0. The maximum absolute atomic E-state index is 6.25. The highest BCUT2D eigenvalue weighted by Gasteiger charge is 2.19. The number of pyridine rings is 1. The average molecular weight is 605 g/mol. The van der Waals surface area contributed by atoms with Crippen LogP contribution in [-0.2, 0) is 0 Å². The molecule has 0 spiro atoms. The molecule has 0 fully saturated rings. The summed E-state index contributed by atoms with van der Waals surface area (Å²) in [6, 6.07) is 46.4. The van der Waals surface area contributed by atoms with E-state index in [9.17, 15) is 0 Å². The first-order valence-electron chi connectivity index (χ1n) is 15.3. The molecule has 0 aliphatic carbocycles. The maximum atomic E-state index is 6.25. The highest BCUT2D eigenvalue weighted by molar-refractivity contribution is 6.06. The molecule has 9 rings (SSSR count). The van der Waals surface area contributed by atoms with Crippen molar-refractivity contribution < 1.29 is 4.42 Å². The number of fused-ring (bicyclic) bond motifs is 4. The number of aromatic nitrogens is 6. The van der Waals surface area contributed by atoms with Crippen LogP contribution in [0.4, 0.5) is 0 Å². The fourth-order valence-corrected chi connectivity index (χ4v) is 5.85. The first-order chi connectivity index (χ1) is 23.3. The van der Waals surface area contributed by atoms with Crippen LogP contribution in [0.3, 0.4) is 0 Å². The molecule has 0 bridgehead atoms. The smallest absolute Gasteiger partial charge is 0.229 e. The number of nitrogens with zero attached hydrogens (tertiary/aromatic N) is 6. The van der Waals surface area contributed by atoms with Crippen molar-refractivity contribution in [3.63, 3.8) is 0 Å². The minimum atomic E-state index is 0.532. The normalized spacial score (nSPS) is 11.4. The van der Waals surface area contributed by atoms with Crippen molar-refractivity contribution >= 4 is 33.0 Å². The number of hydrogen-bond donors (Lipinski definition) is 0. The third-order valence-electron chi connectivity index (χ3n) is 8.21. The highest BCUT2D eigenvalue weighted by atomic mass is 16.3.